The van der Waals surface area contributed by atoms with Crippen LogP contribution in [0.3, 0.4) is 0 Å². The van der Waals surface area contributed by atoms with Crippen molar-refractivity contribution in [2.45, 2.75) is 0 Å². The molecule has 56 valence electrons. The summed E-state index contributed by atoms with van der Waals surface area (Å²) >= 11 is 0. The van der Waals surface area contributed by atoms with Crippen LogP contribution < -0.4 is 25.2 Å². The summed E-state index contributed by atoms with van der Waals surface area (Å²) in [5.74, 6) is 0. The lowest BCUT2D eigenvalue weighted by atomic mass is 10.7. The van der Waals surface area contributed by atoms with Crippen LogP contribution in [-0.2, 0) is 4.39 Å². The first-order valence-electron chi connectivity index (χ1n) is 2.08. The van der Waals surface area contributed by atoms with Gasteiger partial charge in [0.1, 0.15) is 10.2 Å². The number of rotatable bonds is 4. The standard InChI is InChI=1S/C2H7ClN2O4/c4-1-2-5-9-3(6,7)8/h5H,1-2,4H2. The Morgan fingerprint density at radius 2 is 2.00 bits per heavy atom. The topological polar surface area (TPSA) is 116 Å². The number of hydroxylamine groups is 1. The van der Waals surface area contributed by atoms with Gasteiger partial charge in [-0.2, -0.15) is 14.0 Å². The minimum atomic E-state index is -4.36. The van der Waals surface area contributed by atoms with Crippen LogP contribution in [0.4, 0.5) is 0 Å². The van der Waals surface area contributed by atoms with Gasteiger partial charge in [-0.15, -0.1) is 0 Å². The Morgan fingerprint density at radius 3 is 2.33 bits per heavy atom. The molecule has 0 unspecified atom stereocenters. The SMILES string of the molecule is NCCNO[Cl+3]([O-])([O-])[O-]. The van der Waals surface area contributed by atoms with Crippen molar-refractivity contribution in [3.63, 3.8) is 0 Å². The lowest BCUT2D eigenvalue weighted by molar-refractivity contribution is -1.92. The number of nitrogens with two attached hydrogens (primary N) is 1. The van der Waals surface area contributed by atoms with Crippen molar-refractivity contribution in [2.24, 2.45) is 5.73 Å². The first-order chi connectivity index (χ1) is 4.06. The zero-order valence-electron chi connectivity index (χ0n) is 4.50. The Labute approximate surface area is 53.9 Å². The number of hydrogen-bond acceptors (Lipinski definition) is 6. The van der Waals surface area contributed by atoms with E-state index >= 15 is 0 Å². The first kappa shape index (κ1) is 9.05. The van der Waals surface area contributed by atoms with E-state index in [1.54, 1.807) is 0 Å². The number of nitrogens with one attached hydrogen (secondary N) is 1. The molecule has 0 aliphatic heterocycles. The van der Waals surface area contributed by atoms with Crippen molar-refractivity contribution in [3.8, 4) is 0 Å². The molecule has 0 saturated heterocycles. The van der Waals surface area contributed by atoms with Crippen LogP contribution in [0.1, 0.15) is 0 Å². The van der Waals surface area contributed by atoms with E-state index in [1.807, 2.05) is 5.48 Å². The zero-order valence-corrected chi connectivity index (χ0v) is 5.26. The van der Waals surface area contributed by atoms with Crippen molar-refractivity contribution in [2.75, 3.05) is 13.1 Å². The predicted molar refractivity (Wildman–Crippen MR) is 18.1 cm³/mol. The van der Waals surface area contributed by atoms with E-state index < -0.39 is 10.2 Å². The lowest BCUT2D eigenvalue weighted by Crippen LogP contribution is -2.63. The van der Waals surface area contributed by atoms with Crippen LogP contribution in [0.5, 0.6) is 0 Å². The van der Waals surface area contributed by atoms with Gasteiger partial charge in [-0.05, 0) is 0 Å². The van der Waals surface area contributed by atoms with Crippen LogP contribution in [0.2, 0.25) is 0 Å². The van der Waals surface area contributed by atoms with E-state index in [0.29, 0.717) is 0 Å². The molecular weight excluding hydrogens is 151 g/mol. The minimum absolute atomic E-state index is 0.120. The molecule has 0 amide bonds. The third-order valence-corrected chi connectivity index (χ3v) is 0.694. The largest absolute Gasteiger partial charge is 0.329 e. The summed E-state index contributed by atoms with van der Waals surface area (Å²) in [6, 6.07) is 0. The highest BCUT2D eigenvalue weighted by atomic mass is 35.7. The van der Waals surface area contributed by atoms with Crippen LogP contribution in [-0.4, -0.2) is 13.1 Å². The lowest BCUT2D eigenvalue weighted by Gasteiger charge is -2.10. The van der Waals surface area contributed by atoms with Gasteiger partial charge in [0, 0.05) is 13.1 Å². The van der Waals surface area contributed by atoms with Crippen molar-refractivity contribution >= 4 is 0 Å². The molecule has 0 bridgehead atoms. The van der Waals surface area contributed by atoms with Gasteiger partial charge < -0.3 is 5.73 Å². The molecule has 0 aliphatic rings. The van der Waals surface area contributed by atoms with Crippen molar-refractivity contribution < 1.29 is 28.6 Å². The van der Waals surface area contributed by atoms with Gasteiger partial charge in [0.15, 0.2) is 4.39 Å². The van der Waals surface area contributed by atoms with E-state index in [1.165, 1.54) is 0 Å². The van der Waals surface area contributed by atoms with E-state index in [4.69, 9.17) is 5.73 Å². The average Bonchev–Trinajstić information content (AvgIpc) is 1.63. The van der Waals surface area contributed by atoms with Crippen LogP contribution in [0.25, 0.3) is 0 Å². The molecular formula is C2H7ClN2O4. The van der Waals surface area contributed by atoms with Gasteiger partial charge in [-0.25, -0.2) is 0 Å². The Morgan fingerprint density at radius 1 is 1.44 bits per heavy atom. The maximum atomic E-state index is 9.60. The molecule has 3 N–H and O–H groups in total. The van der Waals surface area contributed by atoms with Gasteiger partial charge in [-0.3, -0.25) is 0 Å². The highest BCUT2D eigenvalue weighted by Gasteiger charge is 2.15. The molecule has 6 nitrogen and oxygen atoms in total. The Hall–Kier alpha value is 0.0500. The predicted octanol–water partition coefficient (Wildman–Crippen LogP) is -4.64. The molecule has 9 heavy (non-hydrogen) atoms. The highest BCUT2D eigenvalue weighted by Crippen LogP contribution is 1.79. The van der Waals surface area contributed by atoms with Crippen molar-refractivity contribution in [1.29, 1.82) is 0 Å². The molecule has 0 aromatic carbocycles. The Bertz CT molecular complexity index is 73.5. The minimum Gasteiger partial charge on any atom is -0.329 e. The Kier molecular flexibility index (Phi) is 3.98. The van der Waals surface area contributed by atoms with E-state index in [0.717, 1.165) is 0 Å². The fraction of sp³-hybridized carbons (Fsp3) is 1.00. The van der Waals surface area contributed by atoms with Crippen LogP contribution >= 0.6 is 0 Å². The molecule has 0 fully saturated rings. The normalized spacial score (nSPS) is 12.0. The molecule has 0 atom stereocenters. The quantitative estimate of drug-likeness (QED) is 0.314. The van der Waals surface area contributed by atoms with Gasteiger partial charge >= 0.3 is 0 Å². The maximum Gasteiger partial charge on any atom is 0.176 e. The van der Waals surface area contributed by atoms with Crippen molar-refractivity contribution in [3.05, 3.63) is 0 Å². The molecule has 0 saturated carbocycles. The number of hydrogen-bond donors (Lipinski definition) is 2. The fourth-order valence-corrected chi connectivity index (χ4v) is 0.375. The fourth-order valence-electron chi connectivity index (χ4n) is 0.164. The van der Waals surface area contributed by atoms with Crippen molar-refractivity contribution in [1.82, 2.24) is 5.48 Å². The summed E-state index contributed by atoms with van der Waals surface area (Å²) in [5.41, 5.74) is 6.75. The molecule has 0 heterocycles. The maximum absolute atomic E-state index is 9.60. The molecule has 0 radical (unpaired) electrons. The number of halogens is 1. The van der Waals surface area contributed by atoms with Crippen LogP contribution in [0.15, 0.2) is 0 Å². The molecule has 7 heteroatoms. The molecule has 0 aromatic rings. The summed E-state index contributed by atoms with van der Waals surface area (Å²) in [6.45, 7) is 0.319. The average molecular weight is 159 g/mol. The van der Waals surface area contributed by atoms with Gasteiger partial charge in [0.05, 0.1) is 0 Å². The molecule has 0 aromatic heterocycles. The first-order valence-corrected chi connectivity index (χ1v) is 3.32. The van der Waals surface area contributed by atoms with Gasteiger partial charge in [-0.1, -0.05) is 5.48 Å². The van der Waals surface area contributed by atoms with Gasteiger partial charge in [0.2, 0.25) is 0 Å². The summed E-state index contributed by atoms with van der Waals surface area (Å²) < 4.78 is 32.3. The summed E-state index contributed by atoms with van der Waals surface area (Å²) in [4.78, 5) is 0. The second kappa shape index (κ2) is 3.96. The molecule has 0 aliphatic carbocycles. The zero-order chi connectivity index (χ0) is 7.33. The monoisotopic (exact) mass is 158 g/mol. The second-order valence-electron chi connectivity index (χ2n) is 1.14. The van der Waals surface area contributed by atoms with E-state index in [-0.39, 0.29) is 13.1 Å². The van der Waals surface area contributed by atoms with Gasteiger partial charge in [0.25, 0.3) is 0 Å². The summed E-state index contributed by atoms with van der Waals surface area (Å²) in [5, 5.41) is 0. The third kappa shape index (κ3) is 8.05. The summed E-state index contributed by atoms with van der Waals surface area (Å²) in [7, 11) is -4.36. The summed E-state index contributed by atoms with van der Waals surface area (Å²) in [6.07, 6.45) is 0. The van der Waals surface area contributed by atoms with E-state index in [9.17, 15) is 14.0 Å². The third-order valence-electron chi connectivity index (χ3n) is 0.395. The smallest absolute Gasteiger partial charge is 0.176 e. The highest BCUT2D eigenvalue weighted by molar-refractivity contribution is 4.29. The second-order valence-corrected chi connectivity index (χ2v) is 2.05. The molecule has 0 rings (SSSR count). The van der Waals surface area contributed by atoms with Crippen LogP contribution in [0, 0.1) is 10.2 Å². The Balaban J connectivity index is 3.07. The van der Waals surface area contributed by atoms with E-state index in [2.05, 4.69) is 4.39 Å². The molecule has 0 spiro atoms.